The molecule has 2 heterocycles. The van der Waals surface area contributed by atoms with Crippen LogP contribution in [0.25, 0.3) is 0 Å². The van der Waals surface area contributed by atoms with Crippen molar-refractivity contribution in [3.63, 3.8) is 0 Å². The molecule has 2 atom stereocenters. The maximum atomic E-state index is 12.7. The summed E-state index contributed by atoms with van der Waals surface area (Å²) in [5.41, 5.74) is 1.23. The van der Waals surface area contributed by atoms with Gasteiger partial charge < -0.3 is 15.5 Å². The molecule has 6 nitrogen and oxygen atoms in total. The van der Waals surface area contributed by atoms with Gasteiger partial charge in [0.1, 0.15) is 0 Å². The number of likely N-dealkylation sites (tertiary alicyclic amines) is 1. The van der Waals surface area contributed by atoms with Crippen LogP contribution in [0.1, 0.15) is 64.4 Å². The lowest BCUT2D eigenvalue weighted by molar-refractivity contribution is -0.134. The van der Waals surface area contributed by atoms with Crippen molar-refractivity contribution in [3.8, 4) is 0 Å². The highest BCUT2D eigenvalue weighted by Crippen LogP contribution is 2.28. The normalized spacial score (nSPS) is 21.6. The van der Waals surface area contributed by atoms with Crippen molar-refractivity contribution >= 4 is 11.9 Å². The largest absolute Gasteiger partial charge is 0.357 e. The molecule has 2 unspecified atom stereocenters. The topological polar surface area (TPSA) is 69.6 Å². The number of hydrogen-bond acceptors (Lipinski definition) is 3. The molecule has 160 valence electrons. The van der Waals surface area contributed by atoms with E-state index in [4.69, 9.17) is 4.99 Å². The van der Waals surface area contributed by atoms with Crippen molar-refractivity contribution in [1.82, 2.24) is 20.5 Å². The first-order chi connectivity index (χ1) is 14.1. The Morgan fingerprint density at radius 1 is 1.31 bits per heavy atom. The van der Waals surface area contributed by atoms with Crippen molar-refractivity contribution < 1.29 is 4.79 Å². The van der Waals surface area contributed by atoms with Crippen LogP contribution in [0.4, 0.5) is 0 Å². The number of nitrogens with zero attached hydrogens (tertiary/aromatic N) is 3. The average molecular weight is 400 g/mol. The molecule has 1 aromatic rings. The van der Waals surface area contributed by atoms with E-state index in [-0.39, 0.29) is 12.0 Å². The van der Waals surface area contributed by atoms with Gasteiger partial charge in [-0.05, 0) is 43.7 Å². The molecule has 2 aliphatic rings. The van der Waals surface area contributed by atoms with E-state index < -0.39 is 0 Å². The summed E-state index contributed by atoms with van der Waals surface area (Å²) in [6, 6.07) is 4.40. The van der Waals surface area contributed by atoms with Gasteiger partial charge in [0.25, 0.3) is 0 Å². The van der Waals surface area contributed by atoms with E-state index in [0.717, 1.165) is 51.4 Å². The SMILES string of the molecule is CCNC(=NCC(c1cccnc1)C(C)C)NC1CCN(C(=O)C2CCCC2)C1. The average Bonchev–Trinajstić information content (AvgIpc) is 3.41. The van der Waals surface area contributed by atoms with E-state index in [9.17, 15) is 4.79 Å². The van der Waals surface area contributed by atoms with Gasteiger partial charge in [-0.3, -0.25) is 14.8 Å². The summed E-state index contributed by atoms with van der Waals surface area (Å²) < 4.78 is 0. The number of amides is 1. The zero-order valence-electron chi connectivity index (χ0n) is 18.2. The van der Waals surface area contributed by atoms with Gasteiger partial charge >= 0.3 is 0 Å². The highest BCUT2D eigenvalue weighted by atomic mass is 16.2. The van der Waals surface area contributed by atoms with Crippen LogP contribution < -0.4 is 10.6 Å². The second-order valence-corrected chi connectivity index (χ2v) is 8.75. The van der Waals surface area contributed by atoms with Crippen molar-refractivity contribution in [2.45, 2.75) is 64.8 Å². The van der Waals surface area contributed by atoms with Gasteiger partial charge in [0.2, 0.25) is 5.91 Å². The first-order valence-electron chi connectivity index (χ1n) is 11.3. The van der Waals surface area contributed by atoms with Gasteiger partial charge in [-0.15, -0.1) is 0 Å². The molecule has 0 bridgehead atoms. The third kappa shape index (κ3) is 5.94. The molecule has 2 fully saturated rings. The van der Waals surface area contributed by atoms with Gasteiger partial charge in [-0.1, -0.05) is 32.8 Å². The van der Waals surface area contributed by atoms with Crippen LogP contribution in [-0.4, -0.2) is 54.0 Å². The second-order valence-electron chi connectivity index (χ2n) is 8.75. The van der Waals surface area contributed by atoms with Crippen LogP contribution in [0.3, 0.4) is 0 Å². The fourth-order valence-electron chi connectivity index (χ4n) is 4.51. The van der Waals surface area contributed by atoms with Gasteiger partial charge in [0.15, 0.2) is 5.96 Å². The van der Waals surface area contributed by atoms with E-state index in [1.54, 1.807) is 0 Å². The maximum Gasteiger partial charge on any atom is 0.225 e. The maximum absolute atomic E-state index is 12.7. The first kappa shape index (κ1) is 21.6. The summed E-state index contributed by atoms with van der Waals surface area (Å²) in [5.74, 6) is 2.30. The van der Waals surface area contributed by atoms with Crippen LogP contribution in [0, 0.1) is 11.8 Å². The lowest BCUT2D eigenvalue weighted by Gasteiger charge is -2.22. The Labute approximate surface area is 175 Å². The summed E-state index contributed by atoms with van der Waals surface area (Å²) in [7, 11) is 0. The number of nitrogens with one attached hydrogen (secondary N) is 2. The quantitative estimate of drug-likeness (QED) is 0.546. The van der Waals surface area contributed by atoms with Crippen molar-refractivity contribution in [3.05, 3.63) is 30.1 Å². The molecule has 1 saturated carbocycles. The van der Waals surface area contributed by atoms with Gasteiger partial charge in [0, 0.05) is 56.5 Å². The van der Waals surface area contributed by atoms with E-state index >= 15 is 0 Å². The molecule has 1 saturated heterocycles. The Morgan fingerprint density at radius 3 is 2.76 bits per heavy atom. The zero-order valence-corrected chi connectivity index (χ0v) is 18.2. The first-order valence-corrected chi connectivity index (χ1v) is 11.3. The molecule has 2 N–H and O–H groups in total. The van der Waals surface area contributed by atoms with Crippen LogP contribution in [0.15, 0.2) is 29.5 Å². The van der Waals surface area contributed by atoms with Crippen LogP contribution in [-0.2, 0) is 4.79 Å². The number of pyridine rings is 1. The zero-order chi connectivity index (χ0) is 20.6. The molecule has 0 aromatic carbocycles. The smallest absolute Gasteiger partial charge is 0.225 e. The van der Waals surface area contributed by atoms with Crippen LogP contribution >= 0.6 is 0 Å². The van der Waals surface area contributed by atoms with E-state index in [1.165, 1.54) is 18.4 Å². The van der Waals surface area contributed by atoms with Crippen molar-refractivity contribution in [2.24, 2.45) is 16.8 Å². The number of guanidine groups is 1. The predicted molar refractivity (Wildman–Crippen MR) is 118 cm³/mol. The van der Waals surface area contributed by atoms with E-state index in [2.05, 4.69) is 47.4 Å². The molecule has 1 aliphatic carbocycles. The number of carbonyl (C=O) groups excluding carboxylic acids is 1. The molecule has 6 heteroatoms. The van der Waals surface area contributed by atoms with Crippen LogP contribution in [0.5, 0.6) is 0 Å². The Hall–Kier alpha value is -2.11. The number of carbonyl (C=O) groups is 1. The molecule has 1 aromatic heterocycles. The second kappa shape index (κ2) is 10.6. The fourth-order valence-corrected chi connectivity index (χ4v) is 4.51. The molecule has 3 rings (SSSR count). The lowest BCUT2D eigenvalue weighted by atomic mass is 9.89. The van der Waals surface area contributed by atoms with Gasteiger partial charge in [-0.25, -0.2) is 0 Å². The summed E-state index contributed by atoms with van der Waals surface area (Å²) in [5, 5.41) is 6.94. The standard InChI is InChI=1S/C23H37N5O/c1-4-25-23(26-15-21(17(2)3)19-10-7-12-24-14-19)27-20-11-13-28(16-20)22(29)18-8-5-6-9-18/h7,10,12,14,17-18,20-21H,4-6,8-9,11,13,15-16H2,1-3H3,(H2,25,26,27). The molecule has 0 radical (unpaired) electrons. The summed E-state index contributed by atoms with van der Waals surface area (Å²) >= 11 is 0. The van der Waals surface area contributed by atoms with Gasteiger partial charge in [0.05, 0.1) is 0 Å². The number of aromatic nitrogens is 1. The highest BCUT2D eigenvalue weighted by Gasteiger charge is 2.32. The Bertz CT molecular complexity index is 669. The molecule has 29 heavy (non-hydrogen) atoms. The molecule has 1 amide bonds. The minimum Gasteiger partial charge on any atom is -0.357 e. The van der Waals surface area contributed by atoms with E-state index in [0.29, 0.717) is 17.7 Å². The lowest BCUT2D eigenvalue weighted by Crippen LogP contribution is -2.45. The molecular weight excluding hydrogens is 362 g/mol. The molecule has 0 spiro atoms. The minimum absolute atomic E-state index is 0.266. The summed E-state index contributed by atoms with van der Waals surface area (Å²) in [4.78, 5) is 23.9. The number of hydrogen-bond donors (Lipinski definition) is 2. The van der Waals surface area contributed by atoms with E-state index in [1.807, 2.05) is 18.5 Å². The third-order valence-corrected chi connectivity index (χ3v) is 6.25. The Kier molecular flexibility index (Phi) is 7.90. The Balaban J connectivity index is 1.58. The molecular formula is C23H37N5O. The minimum atomic E-state index is 0.266. The molecule has 1 aliphatic heterocycles. The van der Waals surface area contributed by atoms with Crippen molar-refractivity contribution in [1.29, 1.82) is 0 Å². The monoisotopic (exact) mass is 399 g/mol. The van der Waals surface area contributed by atoms with Crippen LogP contribution in [0.2, 0.25) is 0 Å². The number of rotatable bonds is 7. The summed E-state index contributed by atoms with van der Waals surface area (Å²) in [6.07, 6.45) is 9.30. The van der Waals surface area contributed by atoms with Crippen molar-refractivity contribution in [2.75, 3.05) is 26.2 Å². The summed E-state index contributed by atoms with van der Waals surface area (Å²) in [6.45, 7) is 9.74. The third-order valence-electron chi connectivity index (χ3n) is 6.25. The predicted octanol–water partition coefficient (Wildman–Crippen LogP) is 3.17. The number of aliphatic imine (C=N–C) groups is 1. The Morgan fingerprint density at radius 2 is 2.10 bits per heavy atom. The highest BCUT2D eigenvalue weighted by molar-refractivity contribution is 5.81. The van der Waals surface area contributed by atoms with Gasteiger partial charge in [-0.2, -0.15) is 0 Å². The fraction of sp³-hybridized carbons (Fsp3) is 0.696.